The molecule has 0 saturated carbocycles. The minimum Gasteiger partial charge on any atom is -0.308 e. The van der Waals surface area contributed by atoms with E-state index in [1.807, 2.05) is 25.9 Å². The van der Waals surface area contributed by atoms with Crippen molar-refractivity contribution in [1.82, 2.24) is 9.88 Å². The Kier molecular flexibility index (Phi) is 7.89. The molecule has 0 aliphatic carbocycles. The van der Waals surface area contributed by atoms with Gasteiger partial charge in [0.25, 0.3) is 5.69 Å². The van der Waals surface area contributed by atoms with Crippen molar-refractivity contribution in [2.45, 2.75) is 20.3 Å². The number of likely N-dealkylation sites (N-methyl/N-ethyl adjacent to an activating group) is 1. The summed E-state index contributed by atoms with van der Waals surface area (Å²) in [4.78, 5) is 32.0. The number of nitro benzene ring substituents is 1. The molecule has 9 heteroatoms. The molecule has 0 N–H and O–H groups in total. The lowest BCUT2D eigenvalue weighted by Gasteiger charge is -2.22. The normalized spacial score (nSPS) is 10.8. The Morgan fingerprint density at radius 2 is 1.80 bits per heavy atom. The van der Waals surface area contributed by atoms with Crippen LogP contribution in [0.4, 0.5) is 10.8 Å². The van der Waals surface area contributed by atoms with Gasteiger partial charge in [0.1, 0.15) is 0 Å². The zero-order chi connectivity index (χ0) is 21.1. The number of hydrogen-bond donors (Lipinski definition) is 0. The second kappa shape index (κ2) is 9.97. The van der Waals surface area contributed by atoms with Crippen LogP contribution < -0.4 is 4.90 Å². The summed E-state index contributed by atoms with van der Waals surface area (Å²) < 4.78 is 1.07. The van der Waals surface area contributed by atoms with Crippen LogP contribution in [0.3, 0.4) is 0 Å². The number of anilines is 1. The van der Waals surface area contributed by atoms with Gasteiger partial charge < -0.3 is 4.90 Å². The molecule has 0 spiro atoms. The van der Waals surface area contributed by atoms with E-state index in [0.717, 1.165) is 21.3 Å². The molecule has 160 valence electrons. The van der Waals surface area contributed by atoms with E-state index in [0.29, 0.717) is 18.2 Å². The van der Waals surface area contributed by atoms with Gasteiger partial charge in [-0.2, -0.15) is 0 Å². The lowest BCUT2D eigenvalue weighted by atomic mass is 10.1. The van der Waals surface area contributed by atoms with Gasteiger partial charge >= 0.3 is 0 Å². The van der Waals surface area contributed by atoms with Gasteiger partial charge in [0.2, 0.25) is 5.91 Å². The number of aromatic nitrogens is 1. The Balaban J connectivity index is 0.00000320. The quantitative estimate of drug-likeness (QED) is 0.396. The lowest BCUT2D eigenvalue weighted by molar-refractivity contribution is -0.384. The van der Waals surface area contributed by atoms with E-state index in [1.165, 1.54) is 29.0 Å². The number of nitro groups is 1. The molecule has 1 aromatic heterocycles. The third-order valence-corrected chi connectivity index (χ3v) is 5.65. The van der Waals surface area contributed by atoms with Gasteiger partial charge in [0.15, 0.2) is 5.13 Å². The van der Waals surface area contributed by atoms with Crippen molar-refractivity contribution in [3.05, 3.63) is 63.2 Å². The first-order valence-corrected chi connectivity index (χ1v) is 10.1. The van der Waals surface area contributed by atoms with E-state index in [2.05, 4.69) is 19.1 Å². The van der Waals surface area contributed by atoms with E-state index < -0.39 is 4.92 Å². The maximum atomic E-state index is 13.1. The number of rotatable bonds is 7. The zero-order valence-electron chi connectivity index (χ0n) is 17.4. The second-order valence-corrected chi connectivity index (χ2v) is 8.38. The molecular formula is C21H25ClN4O3S. The minimum absolute atomic E-state index is 0. The average Bonchev–Trinajstić information content (AvgIpc) is 3.06. The highest BCUT2D eigenvalue weighted by Gasteiger charge is 2.21. The largest absolute Gasteiger partial charge is 0.308 e. The van der Waals surface area contributed by atoms with Crippen molar-refractivity contribution < 1.29 is 9.72 Å². The van der Waals surface area contributed by atoms with Crippen LogP contribution >= 0.6 is 23.7 Å². The number of benzene rings is 2. The third-order valence-electron chi connectivity index (χ3n) is 4.62. The monoisotopic (exact) mass is 448 g/mol. The lowest BCUT2D eigenvalue weighted by Crippen LogP contribution is -2.37. The van der Waals surface area contributed by atoms with Crippen molar-refractivity contribution >= 4 is 50.7 Å². The molecule has 3 aromatic rings. The van der Waals surface area contributed by atoms with Crippen molar-refractivity contribution in [2.24, 2.45) is 0 Å². The molecule has 7 nitrogen and oxygen atoms in total. The van der Waals surface area contributed by atoms with Crippen molar-refractivity contribution in [1.29, 1.82) is 0 Å². The number of carbonyl (C=O) groups excluding carboxylic acids is 1. The molecule has 0 aliphatic rings. The molecule has 0 saturated heterocycles. The van der Waals surface area contributed by atoms with Crippen LogP contribution in [0.2, 0.25) is 0 Å². The summed E-state index contributed by atoms with van der Waals surface area (Å²) in [6, 6.07) is 10.3. The number of carbonyl (C=O) groups is 1. The van der Waals surface area contributed by atoms with Crippen molar-refractivity contribution in [3.63, 3.8) is 0 Å². The standard InChI is InChI=1S/C21H24N4O3S.ClH/c1-14-11-15(2)20-18(12-14)29-21(22-20)24(10-9-23(3)4)19(26)13-16-5-7-17(8-6-16)25(27)28;/h5-8,11-12H,9-10,13H2,1-4H3;1H. The maximum Gasteiger partial charge on any atom is 0.269 e. The van der Waals surface area contributed by atoms with E-state index in [-0.39, 0.29) is 30.4 Å². The Hall–Kier alpha value is -2.55. The smallest absolute Gasteiger partial charge is 0.269 e. The highest BCUT2D eigenvalue weighted by atomic mass is 35.5. The molecule has 30 heavy (non-hydrogen) atoms. The number of amides is 1. The number of aryl methyl sites for hydroxylation is 2. The molecule has 0 radical (unpaired) electrons. The van der Waals surface area contributed by atoms with Crippen LogP contribution in [0, 0.1) is 24.0 Å². The summed E-state index contributed by atoms with van der Waals surface area (Å²) in [5.41, 5.74) is 3.94. The topological polar surface area (TPSA) is 79.6 Å². The van der Waals surface area contributed by atoms with Crippen LogP contribution in [-0.2, 0) is 11.2 Å². The molecule has 0 fully saturated rings. The summed E-state index contributed by atoms with van der Waals surface area (Å²) in [6.45, 7) is 5.31. The number of non-ortho nitro benzene ring substituents is 1. The number of thiazole rings is 1. The molecule has 0 bridgehead atoms. The number of fused-ring (bicyclic) bond motifs is 1. The third kappa shape index (κ3) is 5.53. The average molecular weight is 449 g/mol. The van der Waals surface area contributed by atoms with Crippen LogP contribution in [0.25, 0.3) is 10.2 Å². The fourth-order valence-electron chi connectivity index (χ4n) is 3.11. The van der Waals surface area contributed by atoms with Gasteiger partial charge in [0.05, 0.1) is 21.6 Å². The van der Waals surface area contributed by atoms with Gasteiger partial charge in [-0.15, -0.1) is 12.4 Å². The minimum atomic E-state index is -0.444. The van der Waals surface area contributed by atoms with E-state index >= 15 is 0 Å². The first-order valence-electron chi connectivity index (χ1n) is 9.31. The first-order chi connectivity index (χ1) is 13.7. The molecule has 0 aliphatic heterocycles. The summed E-state index contributed by atoms with van der Waals surface area (Å²) in [5, 5.41) is 11.5. The molecule has 0 unspecified atom stereocenters. The van der Waals surface area contributed by atoms with Gasteiger partial charge in [-0.05, 0) is 50.7 Å². The Bertz CT molecular complexity index is 1050. The van der Waals surface area contributed by atoms with Gasteiger partial charge in [-0.3, -0.25) is 19.8 Å². The summed E-state index contributed by atoms with van der Waals surface area (Å²) in [5.74, 6) is -0.0749. The number of hydrogen-bond acceptors (Lipinski definition) is 6. The fourth-order valence-corrected chi connectivity index (χ4v) is 4.29. The predicted molar refractivity (Wildman–Crippen MR) is 124 cm³/mol. The summed E-state index contributed by atoms with van der Waals surface area (Å²) >= 11 is 1.52. The van der Waals surface area contributed by atoms with Crippen molar-refractivity contribution in [2.75, 3.05) is 32.1 Å². The van der Waals surface area contributed by atoms with Crippen molar-refractivity contribution in [3.8, 4) is 0 Å². The van der Waals surface area contributed by atoms with E-state index in [1.54, 1.807) is 17.0 Å². The SMILES string of the molecule is Cc1cc(C)c2nc(N(CCN(C)C)C(=O)Cc3ccc([N+](=O)[O-])cc3)sc2c1.Cl. The van der Waals surface area contributed by atoms with Crippen LogP contribution in [-0.4, -0.2) is 47.9 Å². The van der Waals surface area contributed by atoms with Gasteiger partial charge in [-0.25, -0.2) is 4.98 Å². The second-order valence-electron chi connectivity index (χ2n) is 7.37. The predicted octanol–water partition coefficient (Wildman–Crippen LogP) is 4.38. The highest BCUT2D eigenvalue weighted by molar-refractivity contribution is 7.22. The van der Waals surface area contributed by atoms with Crippen LogP contribution in [0.1, 0.15) is 16.7 Å². The van der Waals surface area contributed by atoms with E-state index in [9.17, 15) is 14.9 Å². The number of nitrogens with zero attached hydrogens (tertiary/aromatic N) is 4. The molecular weight excluding hydrogens is 424 g/mol. The molecule has 3 rings (SSSR count). The van der Waals surface area contributed by atoms with E-state index in [4.69, 9.17) is 4.98 Å². The van der Waals surface area contributed by atoms with Crippen LogP contribution in [0.5, 0.6) is 0 Å². The van der Waals surface area contributed by atoms with Crippen LogP contribution in [0.15, 0.2) is 36.4 Å². The molecule has 1 amide bonds. The Morgan fingerprint density at radius 1 is 1.13 bits per heavy atom. The van der Waals surface area contributed by atoms with Gasteiger partial charge in [0, 0.05) is 25.2 Å². The van der Waals surface area contributed by atoms with Gasteiger partial charge in [-0.1, -0.05) is 29.5 Å². The Morgan fingerprint density at radius 3 is 2.40 bits per heavy atom. The fraction of sp³-hybridized carbons (Fsp3) is 0.333. The summed E-state index contributed by atoms with van der Waals surface area (Å²) in [6.07, 6.45) is 0.166. The first kappa shape index (κ1) is 23.7. The maximum absolute atomic E-state index is 13.1. The molecule has 1 heterocycles. The molecule has 2 aromatic carbocycles. The zero-order valence-corrected chi connectivity index (χ0v) is 19.0. The Labute approximate surface area is 185 Å². The summed E-state index contributed by atoms with van der Waals surface area (Å²) in [7, 11) is 3.93. The molecule has 0 atom stereocenters. The highest BCUT2D eigenvalue weighted by Crippen LogP contribution is 2.32. The number of halogens is 1.